The van der Waals surface area contributed by atoms with Gasteiger partial charge in [0.25, 0.3) is 0 Å². The van der Waals surface area contributed by atoms with Gasteiger partial charge in [0.2, 0.25) is 0 Å². The molecule has 27 heavy (non-hydrogen) atoms. The van der Waals surface area contributed by atoms with Crippen molar-refractivity contribution in [3.05, 3.63) is 59.7 Å². The molecule has 4 N–H and O–H groups in total. The third-order valence-electron chi connectivity index (χ3n) is 4.03. The van der Waals surface area contributed by atoms with Crippen LogP contribution in [0.5, 0.6) is 11.5 Å². The number of phenolic OH excluding ortho intramolecular Hbond substituents is 1. The number of nitrogens with one attached hydrogen (secondary N) is 2. The first kappa shape index (κ1) is 23.0. The molecule has 1 atom stereocenters. The van der Waals surface area contributed by atoms with Crippen molar-refractivity contribution in [1.82, 2.24) is 10.6 Å². The minimum Gasteiger partial charge on any atom is -0.508 e. The van der Waals surface area contributed by atoms with Gasteiger partial charge in [-0.25, -0.2) is 4.99 Å². The van der Waals surface area contributed by atoms with Crippen LogP contribution in [0.4, 0.5) is 0 Å². The molecule has 0 fully saturated rings. The molecule has 0 aromatic heterocycles. The quantitative estimate of drug-likeness (QED) is 0.275. The van der Waals surface area contributed by atoms with Gasteiger partial charge in [-0.3, -0.25) is 0 Å². The van der Waals surface area contributed by atoms with Gasteiger partial charge in [-0.05, 0) is 37.6 Å². The van der Waals surface area contributed by atoms with Gasteiger partial charge in [0, 0.05) is 12.1 Å². The van der Waals surface area contributed by atoms with Crippen molar-refractivity contribution in [2.75, 3.05) is 20.2 Å². The zero-order chi connectivity index (χ0) is 19.0. The highest BCUT2D eigenvalue weighted by atomic mass is 127. The van der Waals surface area contributed by atoms with E-state index in [1.807, 2.05) is 37.3 Å². The van der Waals surface area contributed by atoms with Crippen LogP contribution in [0.15, 0.2) is 53.5 Å². The van der Waals surface area contributed by atoms with Crippen LogP contribution in [0.2, 0.25) is 0 Å². The van der Waals surface area contributed by atoms with Crippen molar-refractivity contribution in [3.8, 4) is 11.5 Å². The lowest BCUT2D eigenvalue weighted by Crippen LogP contribution is -2.44. The van der Waals surface area contributed by atoms with Gasteiger partial charge < -0.3 is 25.6 Å². The van der Waals surface area contributed by atoms with Crippen molar-refractivity contribution in [2.24, 2.45) is 4.99 Å². The second kappa shape index (κ2) is 11.0. The van der Waals surface area contributed by atoms with Crippen molar-refractivity contribution in [2.45, 2.75) is 26.0 Å². The highest BCUT2D eigenvalue weighted by Crippen LogP contribution is 2.23. The number of methoxy groups -OCH3 is 1. The Labute approximate surface area is 177 Å². The molecule has 0 amide bonds. The molecule has 1 unspecified atom stereocenters. The van der Waals surface area contributed by atoms with Crippen LogP contribution in [-0.4, -0.2) is 36.4 Å². The number of aliphatic hydroxyl groups is 1. The number of hydrogen-bond donors (Lipinski definition) is 4. The maximum atomic E-state index is 10.7. The Morgan fingerprint density at radius 3 is 2.48 bits per heavy atom. The molecule has 6 nitrogen and oxygen atoms in total. The Hall–Kier alpha value is -2.00. The Bertz CT molecular complexity index is 737. The maximum absolute atomic E-state index is 10.7. The molecule has 0 saturated heterocycles. The molecule has 0 aliphatic rings. The molecule has 2 aromatic rings. The first-order chi connectivity index (χ1) is 12.5. The van der Waals surface area contributed by atoms with Gasteiger partial charge in [-0.2, -0.15) is 0 Å². The third kappa shape index (κ3) is 6.91. The normalized spacial score (nSPS) is 13.3. The summed E-state index contributed by atoms with van der Waals surface area (Å²) in [6.07, 6.45) is 0. The van der Waals surface area contributed by atoms with Crippen LogP contribution < -0.4 is 15.4 Å². The number of halogens is 1. The smallest absolute Gasteiger partial charge is 0.191 e. The lowest BCUT2D eigenvalue weighted by atomic mass is 9.96. The minimum atomic E-state index is -1.03. The topological polar surface area (TPSA) is 86.1 Å². The number of aromatic hydroxyl groups is 1. The van der Waals surface area contributed by atoms with Crippen LogP contribution in [-0.2, 0) is 12.1 Å². The summed E-state index contributed by atoms with van der Waals surface area (Å²) in [5, 5.41) is 27.0. The molecule has 0 bridgehead atoms. The fourth-order valence-corrected chi connectivity index (χ4v) is 2.48. The molecule has 0 aliphatic carbocycles. The molecule has 148 valence electrons. The summed E-state index contributed by atoms with van der Waals surface area (Å²) in [5.74, 6) is 1.39. The van der Waals surface area contributed by atoms with Gasteiger partial charge in [-0.15, -0.1) is 24.0 Å². The lowest BCUT2D eigenvalue weighted by Gasteiger charge is -2.25. The van der Waals surface area contributed by atoms with E-state index in [-0.39, 0.29) is 36.3 Å². The molecule has 7 heteroatoms. The average Bonchev–Trinajstić information content (AvgIpc) is 2.66. The fourth-order valence-electron chi connectivity index (χ4n) is 2.48. The number of hydrogen-bond acceptors (Lipinski definition) is 4. The number of guanidine groups is 1. The van der Waals surface area contributed by atoms with E-state index in [0.29, 0.717) is 30.4 Å². The van der Waals surface area contributed by atoms with E-state index < -0.39 is 5.60 Å². The monoisotopic (exact) mass is 485 g/mol. The summed E-state index contributed by atoms with van der Waals surface area (Å²) < 4.78 is 5.18. The molecule has 0 radical (unpaired) electrons. The van der Waals surface area contributed by atoms with Crippen LogP contribution in [0, 0.1) is 0 Å². The van der Waals surface area contributed by atoms with Crippen molar-refractivity contribution >= 4 is 29.9 Å². The van der Waals surface area contributed by atoms with Crippen molar-refractivity contribution in [1.29, 1.82) is 0 Å². The van der Waals surface area contributed by atoms with Gasteiger partial charge in [0.05, 0.1) is 20.2 Å². The number of phenols is 1. The van der Waals surface area contributed by atoms with E-state index in [1.165, 1.54) is 0 Å². The third-order valence-corrected chi connectivity index (χ3v) is 4.03. The van der Waals surface area contributed by atoms with Gasteiger partial charge in [0.15, 0.2) is 5.96 Å². The molecule has 0 spiro atoms. The number of ether oxygens (including phenoxy) is 1. The SMILES string of the molecule is CCNC(=NCc1cc(OC)ccc1O)NCC(C)(O)c1ccccc1.I. The minimum absolute atomic E-state index is 0. The summed E-state index contributed by atoms with van der Waals surface area (Å²) in [6.45, 7) is 4.99. The average molecular weight is 485 g/mol. The predicted octanol–water partition coefficient (Wildman–Crippen LogP) is 2.98. The van der Waals surface area contributed by atoms with Gasteiger partial charge >= 0.3 is 0 Å². The zero-order valence-corrected chi connectivity index (χ0v) is 18.2. The van der Waals surface area contributed by atoms with E-state index in [0.717, 1.165) is 5.56 Å². The van der Waals surface area contributed by atoms with E-state index >= 15 is 0 Å². The second-order valence-electron chi connectivity index (χ2n) is 6.18. The Balaban J connectivity index is 0.00000364. The Morgan fingerprint density at radius 2 is 1.85 bits per heavy atom. The highest BCUT2D eigenvalue weighted by molar-refractivity contribution is 14.0. The van der Waals surface area contributed by atoms with Crippen LogP contribution >= 0.6 is 24.0 Å². The highest BCUT2D eigenvalue weighted by Gasteiger charge is 2.22. The molecular weight excluding hydrogens is 457 g/mol. The maximum Gasteiger partial charge on any atom is 0.191 e. The summed E-state index contributed by atoms with van der Waals surface area (Å²) in [5.41, 5.74) is 0.459. The van der Waals surface area contributed by atoms with E-state index in [9.17, 15) is 10.2 Å². The molecule has 0 heterocycles. The zero-order valence-electron chi connectivity index (χ0n) is 15.9. The van der Waals surface area contributed by atoms with E-state index in [2.05, 4.69) is 15.6 Å². The standard InChI is InChI=1S/C20H27N3O3.HI/c1-4-21-19(22-13-15-12-17(26-3)10-11-18(15)24)23-14-20(2,25)16-8-6-5-7-9-16;/h5-12,24-25H,4,13-14H2,1-3H3,(H2,21,22,23);1H. The predicted molar refractivity (Wildman–Crippen MR) is 119 cm³/mol. The summed E-state index contributed by atoms with van der Waals surface area (Å²) in [7, 11) is 1.58. The largest absolute Gasteiger partial charge is 0.508 e. The van der Waals surface area contributed by atoms with Crippen molar-refractivity contribution in [3.63, 3.8) is 0 Å². The molecule has 2 aromatic carbocycles. The van der Waals surface area contributed by atoms with E-state index in [1.54, 1.807) is 32.2 Å². The summed E-state index contributed by atoms with van der Waals surface area (Å²) in [4.78, 5) is 4.48. The molecule has 0 saturated carbocycles. The summed E-state index contributed by atoms with van der Waals surface area (Å²) in [6, 6.07) is 14.5. The van der Waals surface area contributed by atoms with Crippen LogP contribution in [0.1, 0.15) is 25.0 Å². The first-order valence-electron chi connectivity index (χ1n) is 8.62. The van der Waals surface area contributed by atoms with Crippen molar-refractivity contribution < 1.29 is 14.9 Å². The molecular formula is C20H28IN3O3. The van der Waals surface area contributed by atoms with Gasteiger partial charge in [-0.1, -0.05) is 30.3 Å². The van der Waals surface area contributed by atoms with Crippen LogP contribution in [0.25, 0.3) is 0 Å². The summed E-state index contributed by atoms with van der Waals surface area (Å²) >= 11 is 0. The number of aliphatic imine (C=N–C) groups is 1. The number of rotatable bonds is 7. The van der Waals surface area contributed by atoms with Gasteiger partial charge in [0.1, 0.15) is 17.1 Å². The Morgan fingerprint density at radius 1 is 1.15 bits per heavy atom. The fraction of sp³-hybridized carbons (Fsp3) is 0.350. The lowest BCUT2D eigenvalue weighted by molar-refractivity contribution is 0.0617. The van der Waals surface area contributed by atoms with Crippen LogP contribution in [0.3, 0.4) is 0 Å². The Kier molecular flexibility index (Phi) is 9.37. The molecule has 2 rings (SSSR count). The van der Waals surface area contributed by atoms with E-state index in [4.69, 9.17) is 4.74 Å². The number of nitrogens with zero attached hydrogens (tertiary/aromatic N) is 1. The second-order valence-corrected chi connectivity index (χ2v) is 6.18. The molecule has 0 aliphatic heterocycles. The number of benzene rings is 2. The first-order valence-corrected chi connectivity index (χ1v) is 8.62.